The molecule has 4 aliphatic rings. The van der Waals surface area contributed by atoms with Crippen LogP contribution in [-0.4, -0.2) is 10.7 Å². The minimum Gasteiger partial charge on any atom is -0.373 e. The van der Waals surface area contributed by atoms with Crippen LogP contribution in [0.4, 0.5) is 0 Å². The normalized spacial score (nSPS) is 49.6. The van der Waals surface area contributed by atoms with Gasteiger partial charge in [-0.15, -0.1) is 6.42 Å². The van der Waals surface area contributed by atoms with Crippen LogP contribution in [0.3, 0.4) is 0 Å². The van der Waals surface area contributed by atoms with Gasteiger partial charge in [-0.05, 0) is 81.1 Å². The van der Waals surface area contributed by atoms with E-state index in [0.717, 1.165) is 30.6 Å². The molecule has 22 heavy (non-hydrogen) atoms. The summed E-state index contributed by atoms with van der Waals surface area (Å²) in [5.41, 5.74) is 0.643. The summed E-state index contributed by atoms with van der Waals surface area (Å²) in [5.74, 6) is 5.61. The highest BCUT2D eigenvalue weighted by Crippen LogP contribution is 2.63. The van der Waals surface area contributed by atoms with E-state index in [2.05, 4.69) is 25.0 Å². The first kappa shape index (κ1) is 14.6. The van der Waals surface area contributed by atoms with E-state index in [9.17, 15) is 5.11 Å². The second kappa shape index (κ2) is 5.00. The van der Waals surface area contributed by atoms with E-state index in [0.29, 0.717) is 5.92 Å². The molecule has 4 aliphatic carbocycles. The molecule has 0 bridgehead atoms. The first-order valence-corrected chi connectivity index (χ1v) is 9.23. The van der Waals surface area contributed by atoms with Crippen molar-refractivity contribution >= 4 is 0 Å². The van der Waals surface area contributed by atoms with Crippen LogP contribution in [0.2, 0.25) is 0 Å². The summed E-state index contributed by atoms with van der Waals surface area (Å²) in [5, 5.41) is 11.0. The van der Waals surface area contributed by atoms with Gasteiger partial charge >= 0.3 is 0 Å². The van der Waals surface area contributed by atoms with Crippen LogP contribution < -0.4 is 0 Å². The van der Waals surface area contributed by atoms with Gasteiger partial charge in [-0.3, -0.25) is 0 Å². The van der Waals surface area contributed by atoms with Gasteiger partial charge in [0, 0.05) is 5.41 Å². The number of rotatable bonds is 1. The molecule has 1 heteroatoms. The van der Waals surface area contributed by atoms with Crippen LogP contribution in [0.15, 0.2) is 23.8 Å². The molecule has 0 aliphatic heterocycles. The molecular weight excluding hydrogens is 268 g/mol. The van der Waals surface area contributed by atoms with E-state index in [1.807, 2.05) is 6.08 Å². The van der Waals surface area contributed by atoms with Gasteiger partial charge in [0.05, 0.1) is 0 Å². The van der Waals surface area contributed by atoms with Crippen LogP contribution in [0.5, 0.6) is 0 Å². The first-order valence-electron chi connectivity index (χ1n) is 9.23. The van der Waals surface area contributed by atoms with E-state index in [1.54, 1.807) is 5.57 Å². The van der Waals surface area contributed by atoms with Gasteiger partial charge in [0.25, 0.3) is 0 Å². The van der Waals surface area contributed by atoms with Crippen molar-refractivity contribution in [2.75, 3.05) is 0 Å². The zero-order chi connectivity index (χ0) is 15.4. The van der Waals surface area contributed by atoms with Crippen LogP contribution >= 0.6 is 0 Å². The van der Waals surface area contributed by atoms with Gasteiger partial charge in [-0.25, -0.2) is 0 Å². The minimum atomic E-state index is -1.01. The lowest BCUT2D eigenvalue weighted by molar-refractivity contribution is -0.0876. The number of fused-ring (bicyclic) bond motifs is 5. The molecule has 0 radical (unpaired) electrons. The highest BCUT2D eigenvalue weighted by atomic mass is 16.3. The van der Waals surface area contributed by atoms with Crippen molar-refractivity contribution in [2.45, 2.75) is 63.9 Å². The zero-order valence-electron chi connectivity index (χ0n) is 13.7. The monoisotopic (exact) mass is 296 g/mol. The highest BCUT2D eigenvalue weighted by Gasteiger charge is 2.61. The van der Waals surface area contributed by atoms with E-state index >= 15 is 0 Å². The van der Waals surface area contributed by atoms with Gasteiger partial charge in [-0.2, -0.15) is 0 Å². The van der Waals surface area contributed by atoms with Crippen molar-refractivity contribution in [3.8, 4) is 12.3 Å². The average Bonchev–Trinajstić information content (AvgIpc) is 2.89. The van der Waals surface area contributed by atoms with Crippen molar-refractivity contribution in [1.29, 1.82) is 0 Å². The maximum absolute atomic E-state index is 11.0. The molecule has 0 amide bonds. The number of allylic oxidation sites excluding steroid dienone is 3. The molecule has 0 spiro atoms. The summed E-state index contributed by atoms with van der Waals surface area (Å²) in [7, 11) is 0. The molecule has 118 valence electrons. The van der Waals surface area contributed by atoms with Crippen LogP contribution in [-0.2, 0) is 0 Å². The lowest BCUT2D eigenvalue weighted by Gasteiger charge is -2.56. The Morgan fingerprint density at radius 2 is 2.18 bits per heavy atom. The molecule has 6 atom stereocenters. The fourth-order valence-electron chi connectivity index (χ4n) is 6.50. The van der Waals surface area contributed by atoms with Gasteiger partial charge in [0.2, 0.25) is 0 Å². The molecule has 0 heterocycles. The molecule has 0 aromatic rings. The molecule has 1 nitrogen and oxygen atoms in total. The van der Waals surface area contributed by atoms with Crippen molar-refractivity contribution in [3.63, 3.8) is 0 Å². The Morgan fingerprint density at radius 3 is 2.95 bits per heavy atom. The quantitative estimate of drug-likeness (QED) is 0.559. The van der Waals surface area contributed by atoms with E-state index in [4.69, 9.17) is 6.42 Å². The molecule has 2 fully saturated rings. The van der Waals surface area contributed by atoms with Crippen molar-refractivity contribution in [3.05, 3.63) is 23.8 Å². The Morgan fingerprint density at radius 1 is 1.32 bits per heavy atom. The van der Waals surface area contributed by atoms with Crippen LogP contribution in [0.25, 0.3) is 0 Å². The van der Waals surface area contributed by atoms with E-state index in [1.165, 1.54) is 38.5 Å². The average molecular weight is 296 g/mol. The van der Waals surface area contributed by atoms with Gasteiger partial charge in [-0.1, -0.05) is 30.6 Å². The standard InChI is InChI=1S/C21H28O/c1-3-20-13-11-17-16-8-6-5-7-15(16)9-10-18(17)19(20)12-14-21(20,22)4-2/h2,7,12,14,16-19,22H,3,5-6,8-11,13H2,1H3/t16-,17+,18+,19-,20-,21-/m0/s1. The zero-order valence-corrected chi connectivity index (χ0v) is 13.7. The van der Waals surface area contributed by atoms with Gasteiger partial charge in [0.15, 0.2) is 0 Å². The lowest BCUT2D eigenvalue weighted by atomic mass is 9.49. The van der Waals surface area contributed by atoms with Crippen LogP contribution in [0.1, 0.15) is 58.3 Å². The third-order valence-corrected chi connectivity index (χ3v) is 7.61. The van der Waals surface area contributed by atoms with Crippen molar-refractivity contribution in [1.82, 2.24) is 0 Å². The maximum Gasteiger partial charge on any atom is 0.149 e. The minimum absolute atomic E-state index is 0.0984. The van der Waals surface area contributed by atoms with Crippen molar-refractivity contribution in [2.24, 2.45) is 29.1 Å². The Bertz CT molecular complexity index is 565. The Kier molecular flexibility index (Phi) is 3.31. The molecule has 0 aromatic heterocycles. The fraction of sp³-hybridized carbons (Fsp3) is 0.714. The van der Waals surface area contributed by atoms with Gasteiger partial charge in [0.1, 0.15) is 5.60 Å². The first-order chi connectivity index (χ1) is 10.6. The smallest absolute Gasteiger partial charge is 0.149 e. The molecule has 1 N–H and O–H groups in total. The Hall–Kier alpha value is -1.00. The second-order valence-corrected chi connectivity index (χ2v) is 8.03. The number of hydrogen-bond acceptors (Lipinski definition) is 1. The van der Waals surface area contributed by atoms with E-state index < -0.39 is 5.60 Å². The maximum atomic E-state index is 11.0. The largest absolute Gasteiger partial charge is 0.373 e. The van der Waals surface area contributed by atoms with Crippen LogP contribution in [0, 0.1) is 41.4 Å². The number of hydrogen-bond donors (Lipinski definition) is 1. The summed E-state index contributed by atoms with van der Waals surface area (Å²) < 4.78 is 0. The number of aliphatic hydroxyl groups is 1. The molecule has 0 unspecified atom stereocenters. The highest BCUT2D eigenvalue weighted by molar-refractivity contribution is 5.36. The topological polar surface area (TPSA) is 20.2 Å². The fourth-order valence-corrected chi connectivity index (χ4v) is 6.50. The second-order valence-electron chi connectivity index (χ2n) is 8.03. The molecule has 2 saturated carbocycles. The van der Waals surface area contributed by atoms with Crippen molar-refractivity contribution < 1.29 is 5.11 Å². The molecular formula is C21H28O. The molecule has 0 aromatic carbocycles. The third-order valence-electron chi connectivity index (χ3n) is 7.61. The Labute approximate surface area is 134 Å². The third kappa shape index (κ3) is 1.71. The summed E-state index contributed by atoms with van der Waals surface area (Å²) in [6, 6.07) is 0. The lowest BCUT2D eigenvalue weighted by Crippen LogP contribution is -2.54. The summed E-state index contributed by atoms with van der Waals surface area (Å²) in [4.78, 5) is 0. The van der Waals surface area contributed by atoms with E-state index in [-0.39, 0.29) is 5.41 Å². The summed E-state index contributed by atoms with van der Waals surface area (Å²) >= 11 is 0. The molecule has 4 rings (SSSR count). The summed E-state index contributed by atoms with van der Waals surface area (Å²) in [6.45, 7) is 2.22. The molecule has 0 saturated heterocycles. The Balaban J connectivity index is 1.69. The summed E-state index contributed by atoms with van der Waals surface area (Å²) in [6.07, 6.45) is 22.5. The number of terminal acetylenes is 1. The predicted octanol–water partition coefficient (Wildman–Crippen LogP) is 4.48. The predicted molar refractivity (Wildman–Crippen MR) is 90.0 cm³/mol. The van der Waals surface area contributed by atoms with Gasteiger partial charge < -0.3 is 5.11 Å². The SMILES string of the molecule is C#C[C@]1(O)C=C[C@H]2[C@@H]3CCC4=CCCC[C@@H]4[C@H]3CC[C@@]21CC.